The average molecular weight is 276 g/mol. The molecule has 3 atom stereocenters. The van der Waals surface area contributed by atoms with Crippen LogP contribution >= 0.6 is 0 Å². The largest absolute Gasteiger partial charge is 0.494 e. The summed E-state index contributed by atoms with van der Waals surface area (Å²) in [7, 11) is 4.26. The summed E-state index contributed by atoms with van der Waals surface area (Å²) in [6, 6.07) is 8.84. The number of nitrogens with one attached hydrogen (secondary N) is 1. The topological polar surface area (TPSA) is 24.5 Å². The molecular formula is C17H28N2O. The molecule has 0 aliphatic heterocycles. The monoisotopic (exact) mass is 276 g/mol. The van der Waals surface area contributed by atoms with Gasteiger partial charge in [0.15, 0.2) is 0 Å². The van der Waals surface area contributed by atoms with Gasteiger partial charge >= 0.3 is 0 Å². The van der Waals surface area contributed by atoms with Crippen molar-refractivity contribution in [2.75, 3.05) is 33.8 Å². The van der Waals surface area contributed by atoms with Crippen molar-refractivity contribution in [2.45, 2.75) is 26.3 Å². The molecule has 1 aliphatic carbocycles. The van der Waals surface area contributed by atoms with Gasteiger partial charge in [-0.2, -0.15) is 0 Å². The zero-order valence-electron chi connectivity index (χ0n) is 13.2. The summed E-state index contributed by atoms with van der Waals surface area (Å²) in [5, 5.41) is 3.42. The van der Waals surface area contributed by atoms with E-state index in [-0.39, 0.29) is 0 Å². The summed E-state index contributed by atoms with van der Waals surface area (Å²) in [5.41, 5.74) is 1.33. The quantitative estimate of drug-likeness (QED) is 0.790. The van der Waals surface area contributed by atoms with Gasteiger partial charge in [-0.1, -0.05) is 19.1 Å². The summed E-state index contributed by atoms with van der Waals surface area (Å²) in [4.78, 5) is 2.45. The second-order valence-electron chi connectivity index (χ2n) is 6.04. The molecule has 3 heteroatoms. The van der Waals surface area contributed by atoms with Crippen molar-refractivity contribution in [3.63, 3.8) is 0 Å². The van der Waals surface area contributed by atoms with E-state index in [2.05, 4.69) is 48.5 Å². The molecular weight excluding hydrogens is 248 g/mol. The van der Waals surface area contributed by atoms with Crippen LogP contribution in [-0.2, 0) is 0 Å². The molecule has 0 bridgehead atoms. The first-order valence-corrected chi connectivity index (χ1v) is 7.72. The van der Waals surface area contributed by atoms with E-state index in [1.54, 1.807) is 0 Å². The van der Waals surface area contributed by atoms with Crippen LogP contribution in [0.25, 0.3) is 0 Å². The Labute approximate surface area is 123 Å². The lowest BCUT2D eigenvalue weighted by molar-refractivity contribution is 0.282. The van der Waals surface area contributed by atoms with Gasteiger partial charge in [-0.05, 0) is 57.0 Å². The molecule has 0 amide bonds. The summed E-state index contributed by atoms with van der Waals surface area (Å²) in [6.45, 7) is 7.35. The van der Waals surface area contributed by atoms with Gasteiger partial charge in [0.1, 0.15) is 5.75 Å². The predicted molar refractivity (Wildman–Crippen MR) is 84.2 cm³/mol. The van der Waals surface area contributed by atoms with E-state index in [1.165, 1.54) is 18.5 Å². The van der Waals surface area contributed by atoms with Crippen LogP contribution in [0.3, 0.4) is 0 Å². The highest BCUT2D eigenvalue weighted by Crippen LogP contribution is 2.38. The maximum absolute atomic E-state index is 5.50. The zero-order valence-corrected chi connectivity index (χ0v) is 13.2. The van der Waals surface area contributed by atoms with E-state index < -0.39 is 0 Å². The Kier molecular flexibility index (Phi) is 5.44. The number of likely N-dealkylation sites (N-methyl/N-ethyl adjacent to an activating group) is 2. The van der Waals surface area contributed by atoms with Crippen LogP contribution in [0.15, 0.2) is 24.3 Å². The number of hydrogen-bond acceptors (Lipinski definition) is 3. The fraction of sp³-hybridized carbons (Fsp3) is 0.647. The van der Waals surface area contributed by atoms with Crippen LogP contribution in [0.5, 0.6) is 5.75 Å². The third-order valence-corrected chi connectivity index (χ3v) is 4.26. The lowest BCUT2D eigenvalue weighted by Crippen LogP contribution is -2.32. The van der Waals surface area contributed by atoms with Crippen molar-refractivity contribution in [2.24, 2.45) is 11.8 Å². The van der Waals surface area contributed by atoms with E-state index in [9.17, 15) is 0 Å². The number of ether oxygens (including phenoxy) is 1. The van der Waals surface area contributed by atoms with Crippen molar-refractivity contribution in [3.8, 4) is 5.75 Å². The predicted octanol–water partition coefficient (Wildman–Crippen LogP) is 2.93. The van der Waals surface area contributed by atoms with Crippen LogP contribution in [0.2, 0.25) is 0 Å². The molecule has 1 aliphatic rings. The minimum Gasteiger partial charge on any atom is -0.494 e. The molecule has 3 nitrogen and oxygen atoms in total. The summed E-state index contributed by atoms with van der Waals surface area (Å²) in [6.07, 6.45) is 1.40. The Morgan fingerprint density at radius 1 is 1.35 bits per heavy atom. The fourth-order valence-electron chi connectivity index (χ4n) is 2.77. The standard InChI is InChI=1S/C17H28N2O/c1-5-20-16-8-6-14(7-9-16)17(18-3)12-19(4)11-15-10-13(15)2/h6-9,13,15,17-18H,5,10-12H2,1-4H3. The van der Waals surface area contributed by atoms with Crippen molar-refractivity contribution in [1.82, 2.24) is 10.2 Å². The first-order valence-electron chi connectivity index (χ1n) is 7.72. The molecule has 0 heterocycles. The molecule has 112 valence electrons. The third-order valence-electron chi connectivity index (χ3n) is 4.26. The first-order chi connectivity index (χ1) is 9.63. The number of rotatable bonds is 8. The molecule has 20 heavy (non-hydrogen) atoms. The summed E-state index contributed by atoms with van der Waals surface area (Å²) in [5.74, 6) is 2.79. The number of nitrogens with zero attached hydrogens (tertiary/aromatic N) is 1. The molecule has 3 unspecified atom stereocenters. The normalized spacial score (nSPS) is 22.9. The highest BCUT2D eigenvalue weighted by molar-refractivity contribution is 5.29. The summed E-state index contributed by atoms with van der Waals surface area (Å²) < 4.78 is 5.50. The maximum atomic E-state index is 5.50. The van der Waals surface area contributed by atoms with Crippen molar-refractivity contribution < 1.29 is 4.74 Å². The Bertz CT molecular complexity index is 404. The molecule has 1 N–H and O–H groups in total. The highest BCUT2D eigenvalue weighted by atomic mass is 16.5. The molecule has 0 spiro atoms. The van der Waals surface area contributed by atoms with Crippen LogP contribution in [0, 0.1) is 11.8 Å². The Hall–Kier alpha value is -1.06. The summed E-state index contributed by atoms with van der Waals surface area (Å²) >= 11 is 0. The molecule has 1 fully saturated rings. The lowest BCUT2D eigenvalue weighted by atomic mass is 10.1. The van der Waals surface area contributed by atoms with E-state index in [1.807, 2.05) is 14.0 Å². The van der Waals surface area contributed by atoms with Gasteiger partial charge in [-0.3, -0.25) is 0 Å². The SMILES string of the molecule is CCOc1ccc(C(CN(C)CC2CC2C)NC)cc1. The maximum Gasteiger partial charge on any atom is 0.119 e. The smallest absolute Gasteiger partial charge is 0.119 e. The molecule has 0 saturated heterocycles. The van der Waals surface area contributed by atoms with Gasteiger partial charge in [0.25, 0.3) is 0 Å². The highest BCUT2D eigenvalue weighted by Gasteiger charge is 2.33. The van der Waals surface area contributed by atoms with Gasteiger partial charge in [-0.25, -0.2) is 0 Å². The van der Waals surface area contributed by atoms with Crippen LogP contribution in [-0.4, -0.2) is 38.7 Å². The van der Waals surface area contributed by atoms with Gasteiger partial charge in [-0.15, -0.1) is 0 Å². The fourth-order valence-corrected chi connectivity index (χ4v) is 2.77. The molecule has 0 aromatic heterocycles. The van der Waals surface area contributed by atoms with Crippen LogP contribution in [0.4, 0.5) is 0 Å². The number of hydrogen-bond donors (Lipinski definition) is 1. The second kappa shape index (κ2) is 7.09. The molecule has 1 saturated carbocycles. The Morgan fingerprint density at radius 2 is 2.00 bits per heavy atom. The molecule has 2 rings (SSSR count). The van der Waals surface area contributed by atoms with Gasteiger partial charge in [0.2, 0.25) is 0 Å². The minimum atomic E-state index is 0.379. The molecule has 1 aromatic rings. The Balaban J connectivity index is 1.89. The Morgan fingerprint density at radius 3 is 2.50 bits per heavy atom. The second-order valence-corrected chi connectivity index (χ2v) is 6.04. The van der Waals surface area contributed by atoms with Crippen molar-refractivity contribution in [3.05, 3.63) is 29.8 Å². The van der Waals surface area contributed by atoms with Gasteiger partial charge in [0, 0.05) is 19.1 Å². The first kappa shape index (κ1) is 15.3. The van der Waals surface area contributed by atoms with E-state index in [0.717, 1.165) is 30.7 Å². The van der Waals surface area contributed by atoms with Crippen molar-refractivity contribution in [1.29, 1.82) is 0 Å². The van der Waals surface area contributed by atoms with E-state index in [0.29, 0.717) is 6.04 Å². The lowest BCUT2D eigenvalue weighted by Gasteiger charge is -2.24. The molecule has 0 radical (unpaired) electrons. The number of benzene rings is 1. The molecule has 1 aromatic carbocycles. The third kappa shape index (κ3) is 4.22. The van der Waals surface area contributed by atoms with Gasteiger partial charge < -0.3 is 15.0 Å². The average Bonchev–Trinajstić information content (AvgIpc) is 3.12. The van der Waals surface area contributed by atoms with Crippen molar-refractivity contribution >= 4 is 0 Å². The minimum absolute atomic E-state index is 0.379. The van der Waals surface area contributed by atoms with Crippen LogP contribution < -0.4 is 10.1 Å². The van der Waals surface area contributed by atoms with E-state index in [4.69, 9.17) is 4.74 Å². The van der Waals surface area contributed by atoms with E-state index >= 15 is 0 Å². The van der Waals surface area contributed by atoms with Gasteiger partial charge in [0.05, 0.1) is 6.61 Å². The zero-order chi connectivity index (χ0) is 14.5. The van der Waals surface area contributed by atoms with Crippen LogP contribution in [0.1, 0.15) is 31.9 Å².